The normalized spacial score (nSPS) is 15.1. The third kappa shape index (κ3) is 10.5. The van der Waals surface area contributed by atoms with Gasteiger partial charge in [0.05, 0.1) is 5.30 Å². The molecule has 0 spiro atoms. The molecule has 6 aromatic rings. The van der Waals surface area contributed by atoms with Gasteiger partial charge in [0.25, 0.3) is 7.72 Å². The molecule has 0 bridgehead atoms. The van der Waals surface area contributed by atoms with Crippen molar-refractivity contribution in [3.63, 3.8) is 0 Å². The van der Waals surface area contributed by atoms with Crippen LogP contribution in [0.5, 0.6) is 0 Å². The molecule has 0 saturated heterocycles. The van der Waals surface area contributed by atoms with Crippen molar-refractivity contribution in [3.8, 4) is 66.8 Å². The van der Waals surface area contributed by atoms with Crippen molar-refractivity contribution in [1.29, 1.82) is 0 Å². The quantitative estimate of drug-likeness (QED) is 0.163. The fraction of sp³-hybridized carbons (Fsp3) is 0.471. The van der Waals surface area contributed by atoms with Gasteiger partial charge in [0, 0.05) is 11.1 Å². The van der Waals surface area contributed by atoms with Gasteiger partial charge in [-0.05, 0) is 143 Å². The fourth-order valence-electron chi connectivity index (χ4n) is 11.1. The molecule has 0 aliphatic heterocycles. The summed E-state index contributed by atoms with van der Waals surface area (Å²) in [5.41, 5.74) is 17.4. The van der Waals surface area contributed by atoms with Gasteiger partial charge in [0.2, 0.25) is 0 Å². The van der Waals surface area contributed by atoms with Gasteiger partial charge in [-0.2, -0.15) is 0 Å². The molecule has 2 unspecified atom stereocenters. The third-order valence-corrected chi connectivity index (χ3v) is 19.3. The van der Waals surface area contributed by atoms with E-state index in [0.717, 1.165) is 77.9 Å². The number of benzene rings is 6. The van der Waals surface area contributed by atoms with Crippen molar-refractivity contribution in [2.24, 2.45) is 0 Å². The molecule has 1 aliphatic rings. The summed E-state index contributed by atoms with van der Waals surface area (Å²) in [6, 6.07) is 33.6. The Bertz CT molecular complexity index is 3290. The Morgan fingerprint density at radius 3 is 0.905 bits per heavy atom. The molecule has 6 aromatic carbocycles. The van der Waals surface area contributed by atoms with Gasteiger partial charge in [-0.25, -0.2) is 0 Å². The summed E-state index contributed by atoms with van der Waals surface area (Å²) in [4.78, 5) is 24.7. The summed E-state index contributed by atoms with van der Waals surface area (Å²) >= 11 is 0. The number of hydrogen-bond donors (Lipinski definition) is 2. The first kappa shape index (κ1) is 57.4. The summed E-state index contributed by atoms with van der Waals surface area (Å²) in [7, 11) is -9.25. The van der Waals surface area contributed by atoms with Crippen molar-refractivity contribution in [2.45, 2.75) is 209 Å². The summed E-state index contributed by atoms with van der Waals surface area (Å²) in [5, 5.41) is 0.0681. The lowest BCUT2D eigenvalue weighted by atomic mass is 9.65. The van der Waals surface area contributed by atoms with E-state index in [4.69, 9.17) is 0 Å². The van der Waals surface area contributed by atoms with E-state index in [-0.39, 0.29) is 37.8 Å². The van der Waals surface area contributed by atoms with Gasteiger partial charge in [0.15, 0.2) is 0 Å². The summed E-state index contributed by atoms with van der Waals surface area (Å²) < 4.78 is 30.4. The largest absolute Gasteiger partial charge is 0.339 e. The molecule has 2 N–H and O–H groups in total. The topological polar surface area (TPSA) is 74.6 Å². The van der Waals surface area contributed by atoms with Crippen LogP contribution in [0.4, 0.5) is 0 Å². The van der Waals surface area contributed by atoms with E-state index in [9.17, 15) is 14.4 Å². The Morgan fingerprint density at radius 2 is 0.595 bits per heavy atom. The molecular formula is C68H90O4P2. The first-order valence-corrected chi connectivity index (χ1v) is 30.8. The van der Waals surface area contributed by atoms with Crippen molar-refractivity contribution in [1.82, 2.24) is 0 Å². The van der Waals surface area contributed by atoms with Crippen LogP contribution in [0.1, 0.15) is 211 Å². The van der Waals surface area contributed by atoms with Crippen molar-refractivity contribution < 1.29 is 18.9 Å². The molecule has 7 rings (SSSR count). The van der Waals surface area contributed by atoms with Gasteiger partial charge >= 0.3 is 7.06 Å². The third-order valence-electron chi connectivity index (χ3n) is 15.5. The molecule has 0 heterocycles. The van der Waals surface area contributed by atoms with Crippen molar-refractivity contribution in [3.05, 3.63) is 136 Å². The number of hydrogen-bond acceptors (Lipinski definition) is 2. The molecule has 6 heteroatoms. The van der Waals surface area contributed by atoms with Gasteiger partial charge in [-0.15, -0.1) is 0 Å². The zero-order valence-corrected chi connectivity index (χ0v) is 51.7. The maximum Gasteiger partial charge on any atom is 0.309 e. The molecule has 0 aromatic heterocycles. The molecule has 74 heavy (non-hydrogen) atoms. The van der Waals surface area contributed by atoms with Crippen LogP contribution in [0.15, 0.2) is 91.0 Å². The monoisotopic (exact) mass is 1030 g/mol. The van der Waals surface area contributed by atoms with Crippen LogP contribution in [0, 0.1) is 0 Å². The predicted octanol–water partition coefficient (Wildman–Crippen LogP) is 19.7. The highest BCUT2D eigenvalue weighted by molar-refractivity contribution is 8.26. The number of fused-ring (bicyclic) bond motifs is 4. The first-order chi connectivity index (χ1) is 33.4. The smallest absolute Gasteiger partial charge is 0.309 e. The highest BCUT2D eigenvalue weighted by Gasteiger charge is 2.47. The van der Waals surface area contributed by atoms with Crippen LogP contribution < -0.4 is 5.30 Å². The van der Waals surface area contributed by atoms with E-state index < -0.39 is 25.6 Å². The highest BCUT2D eigenvalue weighted by Crippen LogP contribution is 2.71. The molecule has 0 saturated carbocycles. The van der Waals surface area contributed by atoms with E-state index in [1.165, 1.54) is 22.3 Å². The highest BCUT2D eigenvalue weighted by atomic mass is 32.1. The molecule has 0 radical (unpaired) electrons. The fourth-order valence-corrected chi connectivity index (χ4v) is 13.6. The van der Waals surface area contributed by atoms with Crippen LogP contribution in [0.2, 0.25) is 0 Å². The van der Waals surface area contributed by atoms with E-state index in [2.05, 4.69) is 257 Å². The van der Waals surface area contributed by atoms with E-state index in [0.29, 0.717) is 11.1 Å². The Balaban J connectivity index is 1.91. The SMILES string of the molecule is CC(C)(C)c1ccc(-c2cccc3c2-c2c-3c(-c3ccc(C(C)(C)C)cc3C(C)(C)C)c(-c3ccc(C(C)(C)C)cc3C(C)(C)C)c(-c3ccc(C(C)(C)C)cc3C(C)(C)C)c2P(=O)(O)[PH](=O)O)c(C(C)(C)C)c1. The minimum absolute atomic E-state index is 0.0681. The zero-order chi connectivity index (χ0) is 55.8. The second kappa shape index (κ2) is 18.4. The van der Waals surface area contributed by atoms with Crippen LogP contribution in [0.3, 0.4) is 0 Å². The molecule has 396 valence electrons. The molecule has 4 nitrogen and oxygen atoms in total. The maximum absolute atomic E-state index is 16.1. The van der Waals surface area contributed by atoms with Gasteiger partial charge in [-0.1, -0.05) is 257 Å². The second-order valence-corrected chi connectivity index (χ2v) is 35.0. The summed E-state index contributed by atoms with van der Waals surface area (Å²) in [5.74, 6) is 0. The van der Waals surface area contributed by atoms with Crippen LogP contribution in [0.25, 0.3) is 66.8 Å². The first-order valence-electron chi connectivity index (χ1n) is 27.0. The second-order valence-electron chi connectivity index (χ2n) is 29.9. The van der Waals surface area contributed by atoms with Gasteiger partial charge < -0.3 is 9.79 Å². The zero-order valence-electron chi connectivity index (χ0n) is 49.8. The molecular weight excluding hydrogens is 943 g/mol. The summed E-state index contributed by atoms with van der Waals surface area (Å²) in [6.07, 6.45) is 0. The molecule has 2 atom stereocenters. The summed E-state index contributed by atoms with van der Waals surface area (Å²) in [6.45, 7) is 53.8. The van der Waals surface area contributed by atoms with Crippen molar-refractivity contribution >= 4 is 20.1 Å². The van der Waals surface area contributed by atoms with E-state index >= 15 is 4.57 Å². The standard InChI is InChI=1S/C68H90O4P2/c1-61(2,3)40-28-32-44(50(36-40)65(13,14)15)45-26-25-27-49-54(45)59-57(49)55(46-33-29-41(62(4,5)6)37-51(46)66(16,17)18)56(47-34-30-42(63(7,8)9)38-52(47)67(19,20)21)58(60(59)74(71,72)73(69)70)48-35-31-43(64(10,11)12)39-53(48)68(22,23)24/h25-39,73H,1-24H3,(H,69,70)(H,71,72). The van der Waals surface area contributed by atoms with E-state index in [1.807, 2.05) is 0 Å². The Labute approximate surface area is 448 Å². The van der Waals surface area contributed by atoms with Crippen molar-refractivity contribution in [2.75, 3.05) is 0 Å². The van der Waals surface area contributed by atoms with Crippen LogP contribution in [-0.4, -0.2) is 9.79 Å². The van der Waals surface area contributed by atoms with Gasteiger partial charge in [-0.3, -0.25) is 9.13 Å². The predicted molar refractivity (Wildman–Crippen MR) is 323 cm³/mol. The van der Waals surface area contributed by atoms with Gasteiger partial charge in [0.1, 0.15) is 0 Å². The number of rotatable bonds is 6. The van der Waals surface area contributed by atoms with Crippen LogP contribution >= 0.6 is 14.8 Å². The van der Waals surface area contributed by atoms with E-state index in [1.54, 1.807) is 0 Å². The lowest BCUT2D eigenvalue weighted by molar-refractivity contribution is 0.477. The minimum Gasteiger partial charge on any atom is -0.339 e. The average Bonchev–Trinajstić information content (AvgIpc) is 3.23. The minimum atomic E-state index is -5.11. The maximum atomic E-state index is 16.1. The molecule has 0 fully saturated rings. The Morgan fingerprint density at radius 1 is 0.324 bits per heavy atom. The average molecular weight is 1030 g/mol. The lowest BCUT2D eigenvalue weighted by Gasteiger charge is -2.40. The lowest BCUT2D eigenvalue weighted by Crippen LogP contribution is -2.25. The Hall–Kier alpha value is -4.30. The Kier molecular flexibility index (Phi) is 14.3. The molecule has 0 amide bonds. The van der Waals surface area contributed by atoms with Crippen LogP contribution in [-0.2, 0) is 52.5 Å². The molecule has 1 aliphatic carbocycles.